The number of aromatic nitrogens is 1. The maximum Gasteiger partial charge on any atom is 0.0271 e. The van der Waals surface area contributed by atoms with Gasteiger partial charge in [0.25, 0.3) is 0 Å². The largest absolute Gasteiger partial charge is 0.313 e. The van der Waals surface area contributed by atoms with Crippen LogP contribution in [0.5, 0.6) is 0 Å². The van der Waals surface area contributed by atoms with Crippen LogP contribution in [0.25, 0.3) is 0 Å². The van der Waals surface area contributed by atoms with E-state index in [4.69, 9.17) is 0 Å². The summed E-state index contributed by atoms with van der Waals surface area (Å²) in [7, 11) is 0. The van der Waals surface area contributed by atoms with E-state index in [9.17, 15) is 0 Å². The molecule has 0 saturated heterocycles. The van der Waals surface area contributed by atoms with Crippen LogP contribution in [0, 0.1) is 0 Å². The molecule has 1 N–H and O–H groups in total. The van der Waals surface area contributed by atoms with Crippen LogP contribution >= 0.6 is 0 Å². The first-order chi connectivity index (χ1) is 8.95. The van der Waals surface area contributed by atoms with Crippen molar-refractivity contribution < 1.29 is 0 Å². The predicted molar refractivity (Wildman–Crippen MR) is 75.3 cm³/mol. The molecule has 0 fully saturated rings. The molecule has 0 spiro atoms. The molecule has 2 nitrogen and oxygen atoms in total. The summed E-state index contributed by atoms with van der Waals surface area (Å²) in [6, 6.07) is 14.8. The first kappa shape index (κ1) is 12.8. The number of hydrogen-bond donors (Lipinski definition) is 1. The molecular weight excluding hydrogens is 220 g/mol. The smallest absolute Gasteiger partial charge is 0.0271 e. The zero-order valence-corrected chi connectivity index (χ0v) is 10.7. The minimum Gasteiger partial charge on any atom is -0.313 e. The van der Waals surface area contributed by atoms with Crippen LogP contribution in [0.3, 0.4) is 0 Å². The maximum absolute atomic E-state index is 4.01. The van der Waals surface area contributed by atoms with Crippen molar-refractivity contribution in [1.29, 1.82) is 0 Å². The van der Waals surface area contributed by atoms with Gasteiger partial charge in [-0.2, -0.15) is 0 Å². The van der Waals surface area contributed by atoms with Gasteiger partial charge >= 0.3 is 0 Å². The number of pyridine rings is 1. The van der Waals surface area contributed by atoms with E-state index >= 15 is 0 Å². The second-order valence-electron chi connectivity index (χ2n) is 4.47. The van der Waals surface area contributed by atoms with Crippen LogP contribution in [0.4, 0.5) is 0 Å². The Morgan fingerprint density at radius 3 is 2.39 bits per heavy atom. The zero-order chi connectivity index (χ0) is 12.5. The zero-order valence-electron chi connectivity index (χ0n) is 10.7. The molecular formula is C16H20N2. The lowest BCUT2D eigenvalue weighted by molar-refractivity contribution is 0.622. The molecule has 0 aliphatic carbocycles. The highest BCUT2D eigenvalue weighted by Crippen LogP contribution is 2.04. The molecule has 1 heterocycles. The lowest BCUT2D eigenvalue weighted by Gasteiger charge is -2.05. The Morgan fingerprint density at radius 2 is 1.61 bits per heavy atom. The number of aryl methyl sites for hydroxylation is 1. The summed E-state index contributed by atoms with van der Waals surface area (Å²) in [4.78, 5) is 4.01. The van der Waals surface area contributed by atoms with Crippen molar-refractivity contribution in [2.75, 3.05) is 6.54 Å². The highest BCUT2D eigenvalue weighted by Gasteiger charge is 1.93. The molecule has 0 radical (unpaired) electrons. The van der Waals surface area contributed by atoms with Crippen molar-refractivity contribution in [3.05, 3.63) is 66.0 Å². The summed E-state index contributed by atoms with van der Waals surface area (Å²) >= 11 is 0. The molecule has 0 saturated carbocycles. The summed E-state index contributed by atoms with van der Waals surface area (Å²) < 4.78 is 0. The molecule has 0 unspecified atom stereocenters. The van der Waals surface area contributed by atoms with E-state index in [1.165, 1.54) is 30.4 Å². The molecule has 18 heavy (non-hydrogen) atoms. The molecule has 2 heteroatoms. The van der Waals surface area contributed by atoms with Crippen LogP contribution in [-0.4, -0.2) is 11.5 Å². The van der Waals surface area contributed by atoms with Crippen LogP contribution in [0.2, 0.25) is 0 Å². The topological polar surface area (TPSA) is 24.9 Å². The van der Waals surface area contributed by atoms with Gasteiger partial charge in [0.15, 0.2) is 0 Å². The monoisotopic (exact) mass is 240 g/mol. The van der Waals surface area contributed by atoms with E-state index in [1.54, 1.807) is 0 Å². The Morgan fingerprint density at radius 1 is 0.833 bits per heavy atom. The van der Waals surface area contributed by atoms with Gasteiger partial charge in [-0.05, 0) is 49.1 Å². The summed E-state index contributed by atoms with van der Waals surface area (Å²) in [6.07, 6.45) is 7.32. The fourth-order valence-corrected chi connectivity index (χ4v) is 1.96. The van der Waals surface area contributed by atoms with E-state index in [0.29, 0.717) is 0 Å². The summed E-state index contributed by atoms with van der Waals surface area (Å²) in [5.74, 6) is 0. The van der Waals surface area contributed by atoms with E-state index < -0.39 is 0 Å². The van der Waals surface area contributed by atoms with Gasteiger partial charge in [-0.25, -0.2) is 0 Å². The summed E-state index contributed by atoms with van der Waals surface area (Å²) in [5, 5.41) is 3.46. The first-order valence-corrected chi connectivity index (χ1v) is 6.59. The van der Waals surface area contributed by atoms with E-state index in [-0.39, 0.29) is 0 Å². The molecule has 0 bridgehead atoms. The minimum absolute atomic E-state index is 0.938. The lowest BCUT2D eigenvalue weighted by atomic mass is 10.1. The third-order valence-electron chi connectivity index (χ3n) is 2.99. The summed E-state index contributed by atoms with van der Waals surface area (Å²) in [6.45, 7) is 2.02. The molecule has 94 valence electrons. The van der Waals surface area contributed by atoms with Crippen molar-refractivity contribution in [2.24, 2.45) is 0 Å². The fraction of sp³-hybridized carbons (Fsp3) is 0.312. The van der Waals surface area contributed by atoms with Crippen LogP contribution in [0.1, 0.15) is 24.0 Å². The number of nitrogens with one attached hydrogen (secondary N) is 1. The first-order valence-electron chi connectivity index (χ1n) is 6.59. The van der Waals surface area contributed by atoms with Gasteiger partial charge in [0.2, 0.25) is 0 Å². The van der Waals surface area contributed by atoms with Crippen LogP contribution < -0.4 is 5.32 Å². The van der Waals surface area contributed by atoms with Gasteiger partial charge in [-0.15, -0.1) is 0 Å². The maximum atomic E-state index is 4.01. The van der Waals surface area contributed by atoms with Gasteiger partial charge in [-0.3, -0.25) is 4.98 Å². The van der Waals surface area contributed by atoms with Crippen molar-refractivity contribution in [1.82, 2.24) is 10.3 Å². The standard InChI is InChI=1S/C16H20N2/c1-2-6-15(7-3-1)8-4-5-11-18-14-16-9-12-17-13-10-16/h1-3,6-7,9-10,12-13,18H,4-5,8,11,14H2. The third-order valence-corrected chi connectivity index (χ3v) is 2.99. The Labute approximate surface area is 109 Å². The number of hydrogen-bond acceptors (Lipinski definition) is 2. The average molecular weight is 240 g/mol. The Kier molecular flexibility index (Phi) is 5.41. The van der Waals surface area contributed by atoms with E-state index in [2.05, 4.69) is 52.8 Å². The number of rotatable bonds is 7. The Balaban J connectivity index is 1.54. The van der Waals surface area contributed by atoms with Crippen molar-refractivity contribution in [2.45, 2.75) is 25.8 Å². The second kappa shape index (κ2) is 7.62. The second-order valence-corrected chi connectivity index (χ2v) is 4.47. The molecule has 0 aliphatic rings. The van der Waals surface area contributed by atoms with Gasteiger partial charge in [-0.1, -0.05) is 30.3 Å². The SMILES string of the molecule is c1ccc(CCCCNCc2ccncc2)cc1. The van der Waals surface area contributed by atoms with Gasteiger partial charge in [0.1, 0.15) is 0 Å². The highest BCUT2D eigenvalue weighted by atomic mass is 14.8. The van der Waals surface area contributed by atoms with Gasteiger partial charge < -0.3 is 5.32 Å². The minimum atomic E-state index is 0.938. The van der Waals surface area contributed by atoms with Gasteiger partial charge in [0.05, 0.1) is 0 Å². The van der Waals surface area contributed by atoms with E-state index in [1.807, 2.05) is 12.4 Å². The fourth-order valence-electron chi connectivity index (χ4n) is 1.96. The van der Waals surface area contributed by atoms with Crippen molar-refractivity contribution in [3.63, 3.8) is 0 Å². The highest BCUT2D eigenvalue weighted by molar-refractivity contribution is 5.14. The third kappa shape index (κ3) is 4.68. The van der Waals surface area contributed by atoms with Crippen molar-refractivity contribution in [3.8, 4) is 0 Å². The molecule has 1 aromatic carbocycles. The quantitative estimate of drug-likeness (QED) is 0.752. The molecule has 0 amide bonds. The molecule has 2 aromatic rings. The molecule has 2 rings (SSSR count). The van der Waals surface area contributed by atoms with Crippen LogP contribution in [-0.2, 0) is 13.0 Å². The lowest BCUT2D eigenvalue weighted by Crippen LogP contribution is -2.14. The number of benzene rings is 1. The number of nitrogens with zero attached hydrogens (tertiary/aromatic N) is 1. The predicted octanol–water partition coefficient (Wildman–Crippen LogP) is 3.19. The molecule has 0 aliphatic heterocycles. The van der Waals surface area contributed by atoms with Gasteiger partial charge in [0, 0.05) is 18.9 Å². The normalized spacial score (nSPS) is 10.4. The number of unbranched alkanes of at least 4 members (excludes halogenated alkanes) is 1. The van der Waals surface area contributed by atoms with Crippen LogP contribution in [0.15, 0.2) is 54.9 Å². The summed E-state index contributed by atoms with van der Waals surface area (Å²) in [5.41, 5.74) is 2.74. The van der Waals surface area contributed by atoms with Crippen molar-refractivity contribution >= 4 is 0 Å². The molecule has 0 atom stereocenters. The van der Waals surface area contributed by atoms with E-state index in [0.717, 1.165) is 13.1 Å². The molecule has 1 aromatic heterocycles. The average Bonchev–Trinajstić information content (AvgIpc) is 2.45. The Hall–Kier alpha value is -1.67. The Bertz CT molecular complexity index is 382.